The summed E-state index contributed by atoms with van der Waals surface area (Å²) in [6, 6.07) is 0. The Morgan fingerprint density at radius 1 is 0.538 bits per heavy atom. The Morgan fingerprint density at radius 2 is 0.769 bits per heavy atom. The molecule has 0 N–H and O–H groups in total. The Kier molecular flexibility index (Phi) is 7.35. The molecule has 0 fully saturated rings. The van der Waals surface area contributed by atoms with Crippen molar-refractivity contribution in [3.8, 4) is 0 Å². The fourth-order valence-electron chi connectivity index (χ4n) is 2.57. The highest BCUT2D eigenvalue weighted by Crippen LogP contribution is 2.12. The Hall–Kier alpha value is -0.0400. The van der Waals surface area contributed by atoms with Gasteiger partial charge in [0.2, 0.25) is 0 Å². The molecule has 0 saturated heterocycles. The van der Waals surface area contributed by atoms with Crippen molar-refractivity contribution in [2.24, 2.45) is 0 Å². The van der Waals surface area contributed by atoms with Gasteiger partial charge in [0.1, 0.15) is 0 Å². The maximum Gasteiger partial charge on any atom is 0.0783 e. The van der Waals surface area contributed by atoms with Crippen molar-refractivity contribution in [1.82, 2.24) is 0 Å². The predicted molar refractivity (Wildman–Crippen MR) is 60.9 cm³/mol. The van der Waals surface area contributed by atoms with Crippen LogP contribution in [0.15, 0.2) is 0 Å². The van der Waals surface area contributed by atoms with Crippen LogP contribution in [0.4, 0.5) is 0 Å². The molecule has 0 aliphatic rings. The van der Waals surface area contributed by atoms with Crippen molar-refractivity contribution < 1.29 is 4.48 Å². The Labute approximate surface area is 84.7 Å². The summed E-state index contributed by atoms with van der Waals surface area (Å²) in [5.41, 5.74) is 0. The predicted octanol–water partition coefficient (Wildman–Crippen LogP) is 3.44. The molecule has 0 aliphatic heterocycles. The lowest BCUT2D eigenvalue weighted by atomic mass is 10.3. The number of quaternary nitrogens is 1. The van der Waals surface area contributed by atoms with Gasteiger partial charge >= 0.3 is 0 Å². The lowest BCUT2D eigenvalue weighted by Gasteiger charge is -2.38. The molecule has 0 bridgehead atoms. The highest BCUT2D eigenvalue weighted by molar-refractivity contribution is 4.43. The third-order valence-corrected chi connectivity index (χ3v) is 2.79. The van der Waals surface area contributed by atoms with Gasteiger partial charge in [-0.05, 0) is 25.7 Å². The first kappa shape index (κ1) is 13.0. The first-order valence-corrected chi connectivity index (χ1v) is 6.09. The summed E-state index contributed by atoms with van der Waals surface area (Å²) in [4.78, 5) is 0. The summed E-state index contributed by atoms with van der Waals surface area (Å²) < 4.78 is 1.38. The Bertz CT molecular complexity index is 80.2. The maximum atomic E-state index is 2.31. The van der Waals surface area contributed by atoms with Gasteiger partial charge in [-0.2, -0.15) is 0 Å². The molecular formula is C12H28N+. The second-order valence-corrected chi connectivity index (χ2v) is 4.24. The largest absolute Gasteiger partial charge is 0.324 e. The summed E-state index contributed by atoms with van der Waals surface area (Å²) in [6.45, 7) is 14.8. The van der Waals surface area contributed by atoms with Crippen molar-refractivity contribution in [2.75, 3.05) is 26.2 Å². The summed E-state index contributed by atoms with van der Waals surface area (Å²) in [7, 11) is 0. The summed E-state index contributed by atoms with van der Waals surface area (Å²) in [6.07, 6.45) is 5.33. The highest BCUT2D eigenvalue weighted by Gasteiger charge is 2.22. The van der Waals surface area contributed by atoms with E-state index in [-0.39, 0.29) is 0 Å². The van der Waals surface area contributed by atoms with Crippen LogP contribution in [0.2, 0.25) is 0 Å². The van der Waals surface area contributed by atoms with Crippen molar-refractivity contribution in [3.05, 3.63) is 0 Å². The molecule has 0 aliphatic carbocycles. The van der Waals surface area contributed by atoms with Gasteiger partial charge in [-0.15, -0.1) is 0 Å². The van der Waals surface area contributed by atoms with E-state index in [0.717, 1.165) is 0 Å². The zero-order valence-electron chi connectivity index (χ0n) is 10.1. The van der Waals surface area contributed by atoms with Crippen LogP contribution in [-0.2, 0) is 0 Å². The molecule has 0 unspecified atom stereocenters. The summed E-state index contributed by atoms with van der Waals surface area (Å²) in [5, 5.41) is 0. The van der Waals surface area contributed by atoms with Gasteiger partial charge in [-0.25, -0.2) is 0 Å². The van der Waals surface area contributed by atoms with Crippen molar-refractivity contribution >= 4 is 0 Å². The monoisotopic (exact) mass is 187 g/mol. The van der Waals surface area contributed by atoms with E-state index in [2.05, 4.69) is 27.7 Å². The zero-order chi connectivity index (χ0) is 10.2. The third-order valence-electron chi connectivity index (χ3n) is 2.79. The van der Waals surface area contributed by atoms with E-state index in [4.69, 9.17) is 0 Å². The smallest absolute Gasteiger partial charge is 0.0783 e. The van der Waals surface area contributed by atoms with Crippen LogP contribution in [0.3, 0.4) is 0 Å². The Balaban J connectivity index is 4.19. The molecule has 0 aromatic carbocycles. The van der Waals surface area contributed by atoms with Gasteiger partial charge in [-0.1, -0.05) is 27.7 Å². The van der Waals surface area contributed by atoms with Crippen molar-refractivity contribution in [3.63, 3.8) is 0 Å². The van der Waals surface area contributed by atoms with Crippen LogP contribution in [-0.4, -0.2) is 30.7 Å². The van der Waals surface area contributed by atoms with E-state index in [1.54, 1.807) is 0 Å². The van der Waals surface area contributed by atoms with E-state index in [1.165, 1.54) is 56.3 Å². The van der Waals surface area contributed by atoms with Crippen molar-refractivity contribution in [1.29, 1.82) is 0 Å². The normalized spacial score (nSPS) is 12.0. The highest BCUT2D eigenvalue weighted by atomic mass is 16.1. The van der Waals surface area contributed by atoms with E-state index >= 15 is 0 Å². The number of nitrogens with zero attached hydrogens (tertiary/aromatic N) is 1. The third kappa shape index (κ3) is 4.66. The van der Waals surface area contributed by atoms with Gasteiger partial charge in [0.05, 0.1) is 26.2 Å². The minimum absolute atomic E-state index is 1.33. The van der Waals surface area contributed by atoms with E-state index in [9.17, 15) is 0 Å². The lowest BCUT2D eigenvalue weighted by molar-refractivity contribution is -0.928. The van der Waals surface area contributed by atoms with Crippen LogP contribution < -0.4 is 0 Å². The second-order valence-electron chi connectivity index (χ2n) is 4.24. The molecule has 1 heteroatoms. The van der Waals surface area contributed by atoms with Crippen LogP contribution in [0.1, 0.15) is 53.4 Å². The molecule has 0 aromatic rings. The molecule has 0 rings (SSSR count). The van der Waals surface area contributed by atoms with Gasteiger partial charge in [0, 0.05) is 0 Å². The van der Waals surface area contributed by atoms with Gasteiger partial charge in [0.25, 0.3) is 0 Å². The fraction of sp³-hybridized carbons (Fsp3) is 1.00. The molecule has 0 spiro atoms. The topological polar surface area (TPSA) is 0 Å². The maximum absolute atomic E-state index is 2.31. The van der Waals surface area contributed by atoms with E-state index in [0.29, 0.717) is 0 Å². The zero-order valence-corrected chi connectivity index (χ0v) is 10.1. The molecule has 1 nitrogen and oxygen atoms in total. The molecule has 0 amide bonds. The molecule has 13 heavy (non-hydrogen) atoms. The molecule has 80 valence electrons. The van der Waals surface area contributed by atoms with Crippen LogP contribution >= 0.6 is 0 Å². The van der Waals surface area contributed by atoms with Crippen LogP contribution in [0.5, 0.6) is 0 Å². The SMILES string of the molecule is CCC[15N+](CCC)(CCC)CCC. The van der Waals surface area contributed by atoms with Gasteiger partial charge in [-0.3, -0.25) is 0 Å². The molecule has 0 radical (unpaired) electrons. The number of rotatable bonds is 8. The van der Waals surface area contributed by atoms with Crippen LogP contribution in [0.25, 0.3) is 0 Å². The minimum atomic E-state index is 1.33. The number of hydrogen-bond donors (Lipinski definition) is 0. The average molecular weight is 187 g/mol. The van der Waals surface area contributed by atoms with E-state index in [1.807, 2.05) is 0 Å². The molecular weight excluding hydrogens is 159 g/mol. The van der Waals surface area contributed by atoms with Gasteiger partial charge in [0.15, 0.2) is 0 Å². The first-order chi connectivity index (χ1) is 6.24. The summed E-state index contributed by atoms with van der Waals surface area (Å²) >= 11 is 0. The molecule has 0 heterocycles. The quantitative estimate of drug-likeness (QED) is 0.403. The fourth-order valence-corrected chi connectivity index (χ4v) is 2.57. The number of hydrogen-bond acceptors (Lipinski definition) is 0. The minimum Gasteiger partial charge on any atom is -0.324 e. The lowest BCUT2D eigenvalue weighted by Crippen LogP contribution is -2.50. The van der Waals surface area contributed by atoms with E-state index < -0.39 is 0 Å². The average Bonchev–Trinajstić information content (AvgIpc) is 2.06. The molecule has 0 aromatic heterocycles. The standard InChI is InChI=1S/C12H28N/c1-5-9-13(10-6-2,11-7-3)12-8-4/h5-12H2,1-4H3/q+1/i13+1. The van der Waals surface area contributed by atoms with Gasteiger partial charge < -0.3 is 4.48 Å². The molecule has 0 saturated carbocycles. The van der Waals surface area contributed by atoms with Crippen molar-refractivity contribution in [2.45, 2.75) is 53.4 Å². The van der Waals surface area contributed by atoms with Crippen LogP contribution in [0, 0.1) is 0 Å². The molecule has 0 atom stereocenters. The Morgan fingerprint density at radius 3 is 0.923 bits per heavy atom. The first-order valence-electron chi connectivity index (χ1n) is 6.09. The second kappa shape index (κ2) is 7.37. The summed E-state index contributed by atoms with van der Waals surface area (Å²) in [5.74, 6) is 0.